The van der Waals surface area contributed by atoms with Crippen molar-refractivity contribution in [3.8, 4) is 11.5 Å². The summed E-state index contributed by atoms with van der Waals surface area (Å²) in [6.07, 6.45) is -10.6. The van der Waals surface area contributed by atoms with Gasteiger partial charge in [-0.25, -0.2) is 0 Å². The third-order valence-electron chi connectivity index (χ3n) is 4.80. The van der Waals surface area contributed by atoms with E-state index in [1.54, 1.807) is 0 Å². The zero-order valence-electron chi connectivity index (χ0n) is 24.7. The van der Waals surface area contributed by atoms with Crippen LogP contribution >= 0.6 is 0 Å². The van der Waals surface area contributed by atoms with E-state index >= 15 is 0 Å². The molecule has 0 spiro atoms. The molecule has 2 atom stereocenters. The molecule has 0 radical (unpaired) electrons. The smallest absolute Gasteiger partial charge is 0.127 e. The predicted octanol–water partition coefficient (Wildman–Crippen LogP) is 5.74. The Labute approximate surface area is 156 Å². The molecular formula is C21H30O2. The van der Waals surface area contributed by atoms with Gasteiger partial charge in [0.2, 0.25) is 0 Å². The molecule has 2 unspecified atom stereocenters. The molecule has 126 valence electrons. The Morgan fingerprint density at radius 1 is 1.39 bits per heavy atom. The first-order valence-electron chi connectivity index (χ1n) is 13.3. The Hall–Kier alpha value is -1.44. The monoisotopic (exact) mass is 325 g/mol. The number of rotatable bonds is 4. The number of phenols is 1. The van der Waals surface area contributed by atoms with Crippen molar-refractivity contribution >= 4 is 0 Å². The number of aromatic hydroxyl groups is 1. The summed E-state index contributed by atoms with van der Waals surface area (Å²) in [6, 6.07) is 2.19. The molecule has 2 heteroatoms. The second kappa shape index (κ2) is 6.22. The number of fused-ring (bicyclic) bond motifs is 3. The molecule has 23 heavy (non-hydrogen) atoms. The van der Waals surface area contributed by atoms with Crippen LogP contribution in [-0.2, 0) is 6.37 Å². The Bertz CT molecular complexity index is 1010. The largest absolute Gasteiger partial charge is 0.507 e. The number of allylic oxidation sites excluding steroid dienone is 2. The van der Waals surface area contributed by atoms with E-state index in [1.807, 2.05) is 26.8 Å². The van der Waals surface area contributed by atoms with Crippen molar-refractivity contribution in [2.75, 3.05) is 0 Å². The highest BCUT2D eigenvalue weighted by molar-refractivity contribution is 5.53. The summed E-state index contributed by atoms with van der Waals surface area (Å²) in [7, 11) is 0. The molecule has 0 saturated carbocycles. The normalized spacial score (nSPS) is 35.3. The molecule has 0 amide bonds. The Morgan fingerprint density at radius 2 is 2.22 bits per heavy atom. The number of benzene rings is 1. The van der Waals surface area contributed by atoms with Crippen molar-refractivity contribution in [1.29, 1.82) is 0 Å². The summed E-state index contributed by atoms with van der Waals surface area (Å²) in [4.78, 5) is 0. The highest BCUT2D eigenvalue weighted by atomic mass is 16.5. The molecule has 1 aromatic carbocycles. The van der Waals surface area contributed by atoms with Crippen LogP contribution in [0.15, 0.2) is 23.8 Å². The van der Waals surface area contributed by atoms with E-state index in [0.29, 0.717) is 5.56 Å². The van der Waals surface area contributed by atoms with Crippen molar-refractivity contribution in [3.63, 3.8) is 0 Å². The van der Waals surface area contributed by atoms with Crippen LogP contribution in [0.4, 0.5) is 0 Å². The molecule has 1 heterocycles. The van der Waals surface area contributed by atoms with Crippen molar-refractivity contribution in [1.82, 2.24) is 0 Å². The van der Waals surface area contributed by atoms with Crippen LogP contribution in [0, 0.1) is 5.92 Å². The van der Waals surface area contributed by atoms with Gasteiger partial charge in [0, 0.05) is 32.5 Å². The quantitative estimate of drug-likeness (QED) is 0.716. The molecule has 1 aliphatic carbocycles. The molecule has 1 aromatic rings. The average Bonchev–Trinajstić information content (AvgIpc) is 2.65. The molecule has 0 aromatic heterocycles. The van der Waals surface area contributed by atoms with Crippen LogP contribution in [-0.4, -0.2) is 10.7 Å². The van der Waals surface area contributed by atoms with E-state index in [1.165, 1.54) is 6.07 Å². The lowest BCUT2D eigenvalue weighted by molar-refractivity contribution is 0.0107. The Morgan fingerprint density at radius 3 is 3.00 bits per heavy atom. The highest BCUT2D eigenvalue weighted by Gasteiger charge is 2.45. The summed E-state index contributed by atoms with van der Waals surface area (Å²) >= 11 is 0. The first-order chi connectivity index (χ1) is 15.1. The highest BCUT2D eigenvalue weighted by Crippen LogP contribution is 2.53. The van der Waals surface area contributed by atoms with Gasteiger partial charge in [-0.1, -0.05) is 31.2 Å². The van der Waals surface area contributed by atoms with Crippen molar-refractivity contribution < 1.29 is 24.9 Å². The maximum absolute atomic E-state index is 10.9. The predicted molar refractivity (Wildman–Crippen MR) is 95.3 cm³/mol. The lowest BCUT2D eigenvalue weighted by Gasteiger charge is -2.46. The maximum atomic E-state index is 10.9. The third-order valence-corrected chi connectivity index (χ3v) is 4.80. The Balaban J connectivity index is 2.16. The van der Waals surface area contributed by atoms with Crippen LogP contribution in [0.1, 0.15) is 91.7 Å². The standard InChI is InChI=1S/C21H30O2/c1-5-6-7-8-15-12-18(22)20-16-11-14(2)9-10-17(16)21(3,4)23-19(20)13-15/h11-13,16-17,22H,5-10H2,1-4H3/i1D3,5D2,6D2,7D2,8D2. The van der Waals surface area contributed by atoms with Crippen LogP contribution in [0.25, 0.3) is 0 Å². The number of ether oxygens (including phenoxy) is 1. The lowest BCUT2D eigenvalue weighted by Crippen LogP contribution is -2.45. The van der Waals surface area contributed by atoms with Gasteiger partial charge in [-0.05, 0) is 64.1 Å². The summed E-state index contributed by atoms with van der Waals surface area (Å²) < 4.78 is 93.3. The van der Waals surface area contributed by atoms with E-state index < -0.39 is 43.5 Å². The third kappa shape index (κ3) is 3.13. The molecular weight excluding hydrogens is 284 g/mol. The van der Waals surface area contributed by atoms with E-state index in [9.17, 15) is 5.11 Å². The van der Waals surface area contributed by atoms with Crippen molar-refractivity contribution in [2.24, 2.45) is 5.92 Å². The van der Waals surface area contributed by atoms with Crippen molar-refractivity contribution in [3.05, 3.63) is 34.9 Å². The number of aryl methyl sites for hydroxylation is 1. The molecule has 2 nitrogen and oxygen atoms in total. The van der Waals surface area contributed by atoms with Crippen molar-refractivity contribution in [2.45, 2.75) is 77.5 Å². The van der Waals surface area contributed by atoms with Crippen LogP contribution in [0.5, 0.6) is 11.5 Å². The van der Waals surface area contributed by atoms with E-state index in [-0.39, 0.29) is 23.3 Å². The lowest BCUT2D eigenvalue weighted by atomic mass is 9.68. The number of phenolic OH excluding ortho intramolecular Hbond substituents is 1. The fourth-order valence-electron chi connectivity index (χ4n) is 3.73. The van der Waals surface area contributed by atoms with E-state index in [0.717, 1.165) is 24.5 Å². The SMILES string of the molecule is [2H]C([2H])([2H])C([2H])([2H])C([2H])([2H])C([2H])([2H])C([2H])([2H])c1cc(O)c2c(c1)OC(C)(C)C1CCC(C)=CC21. The van der Waals surface area contributed by atoms with Gasteiger partial charge in [-0.15, -0.1) is 0 Å². The molecule has 0 saturated heterocycles. The van der Waals surface area contributed by atoms with Gasteiger partial charge in [0.15, 0.2) is 0 Å². The minimum Gasteiger partial charge on any atom is -0.507 e. The van der Waals surface area contributed by atoms with Gasteiger partial charge >= 0.3 is 0 Å². The van der Waals surface area contributed by atoms with Gasteiger partial charge in [0.1, 0.15) is 17.1 Å². The van der Waals surface area contributed by atoms with Gasteiger partial charge in [0.25, 0.3) is 0 Å². The summed E-state index contributed by atoms with van der Waals surface area (Å²) in [6.45, 7) is 2.19. The first kappa shape index (κ1) is 7.63. The topological polar surface area (TPSA) is 29.5 Å². The number of hydrogen-bond donors (Lipinski definition) is 1. The van der Waals surface area contributed by atoms with Crippen LogP contribution < -0.4 is 4.74 Å². The minimum absolute atomic E-state index is 0.0457. The Kier molecular flexibility index (Phi) is 2.06. The zero-order chi connectivity index (χ0) is 26.3. The fraction of sp³-hybridized carbons (Fsp3) is 0.619. The van der Waals surface area contributed by atoms with Crippen LogP contribution in [0.2, 0.25) is 0 Å². The molecule has 1 N–H and O–H groups in total. The molecule has 0 fully saturated rings. The molecule has 1 aliphatic heterocycles. The molecule has 3 rings (SSSR count). The number of hydrogen-bond acceptors (Lipinski definition) is 2. The molecule has 0 bridgehead atoms. The summed E-state index contributed by atoms with van der Waals surface area (Å²) in [5.41, 5.74) is 0.410. The van der Waals surface area contributed by atoms with Crippen LogP contribution in [0.3, 0.4) is 0 Å². The second-order valence-corrected chi connectivity index (χ2v) is 6.80. The van der Waals surface area contributed by atoms with Gasteiger partial charge < -0.3 is 9.84 Å². The van der Waals surface area contributed by atoms with Gasteiger partial charge in [-0.2, -0.15) is 0 Å². The summed E-state index contributed by atoms with van der Waals surface area (Å²) in [5, 5.41) is 10.9. The van der Waals surface area contributed by atoms with Gasteiger partial charge in [-0.3, -0.25) is 0 Å². The average molecular weight is 326 g/mol. The van der Waals surface area contributed by atoms with Gasteiger partial charge in [0.05, 0.1) is 0 Å². The van der Waals surface area contributed by atoms with E-state index in [2.05, 4.69) is 0 Å². The zero-order valence-corrected chi connectivity index (χ0v) is 13.7. The second-order valence-electron chi connectivity index (χ2n) is 6.80. The molecule has 2 aliphatic rings. The maximum Gasteiger partial charge on any atom is 0.127 e. The fourth-order valence-corrected chi connectivity index (χ4v) is 3.73. The minimum atomic E-state index is -3.77. The summed E-state index contributed by atoms with van der Waals surface area (Å²) in [5.74, 6) is -0.376. The first-order valence-corrected chi connectivity index (χ1v) is 7.83. The van der Waals surface area contributed by atoms with E-state index in [4.69, 9.17) is 19.8 Å².